The molecule has 0 unspecified atom stereocenters. The van der Waals surface area contributed by atoms with Crippen LogP contribution in [0.2, 0.25) is 0 Å². The molecule has 0 heterocycles. The zero-order valence-electron chi connectivity index (χ0n) is 9.77. The van der Waals surface area contributed by atoms with Gasteiger partial charge in [0.15, 0.2) is 5.90 Å². The van der Waals surface area contributed by atoms with E-state index < -0.39 is 0 Å². The Morgan fingerprint density at radius 1 is 1.25 bits per heavy atom. The molecule has 0 fully saturated rings. The van der Waals surface area contributed by atoms with Gasteiger partial charge in [0.1, 0.15) is 0 Å². The van der Waals surface area contributed by atoms with Crippen LogP contribution >= 0.6 is 0 Å². The van der Waals surface area contributed by atoms with E-state index in [-0.39, 0.29) is 5.91 Å². The van der Waals surface area contributed by atoms with Crippen molar-refractivity contribution in [2.45, 2.75) is 26.7 Å². The lowest BCUT2D eigenvalue weighted by Crippen LogP contribution is -2.08. The van der Waals surface area contributed by atoms with Gasteiger partial charge in [0.25, 0.3) is 5.91 Å². The zero-order valence-corrected chi connectivity index (χ0v) is 9.77. The lowest BCUT2D eigenvalue weighted by Gasteiger charge is -2.05. The number of benzene rings is 1. The maximum absolute atomic E-state index is 11.7. The minimum atomic E-state index is -0.238. The second kappa shape index (κ2) is 6.77. The Kier molecular flexibility index (Phi) is 5.26. The van der Waals surface area contributed by atoms with Crippen LogP contribution < -0.4 is 0 Å². The van der Waals surface area contributed by atoms with Gasteiger partial charge in [-0.25, -0.2) is 0 Å². The zero-order chi connectivity index (χ0) is 11.8. The molecule has 1 amide bonds. The quantitative estimate of drug-likeness (QED) is 0.576. The number of amides is 1. The van der Waals surface area contributed by atoms with E-state index in [1.54, 1.807) is 12.1 Å². The van der Waals surface area contributed by atoms with Gasteiger partial charge >= 0.3 is 0 Å². The third-order valence-corrected chi connectivity index (χ3v) is 2.02. The molecule has 0 aromatic heterocycles. The van der Waals surface area contributed by atoms with E-state index in [0.717, 1.165) is 6.42 Å². The van der Waals surface area contributed by atoms with Crippen LogP contribution in [0.1, 0.15) is 37.0 Å². The van der Waals surface area contributed by atoms with Gasteiger partial charge in [-0.3, -0.25) is 4.79 Å². The molecule has 1 aromatic carbocycles. The van der Waals surface area contributed by atoms with Gasteiger partial charge in [-0.05, 0) is 25.5 Å². The van der Waals surface area contributed by atoms with Gasteiger partial charge in [-0.15, -0.1) is 0 Å². The first-order valence-corrected chi connectivity index (χ1v) is 5.57. The van der Waals surface area contributed by atoms with Crippen molar-refractivity contribution < 1.29 is 9.53 Å². The third-order valence-electron chi connectivity index (χ3n) is 2.02. The monoisotopic (exact) mass is 219 g/mol. The van der Waals surface area contributed by atoms with Gasteiger partial charge in [-0.2, -0.15) is 4.99 Å². The van der Waals surface area contributed by atoms with Gasteiger partial charge < -0.3 is 4.74 Å². The number of rotatable bonds is 4. The highest BCUT2D eigenvalue weighted by molar-refractivity contribution is 6.01. The summed E-state index contributed by atoms with van der Waals surface area (Å²) >= 11 is 0. The van der Waals surface area contributed by atoms with Crippen LogP contribution in [-0.2, 0) is 4.74 Å². The third kappa shape index (κ3) is 3.85. The summed E-state index contributed by atoms with van der Waals surface area (Å²) < 4.78 is 5.30. The molecule has 16 heavy (non-hydrogen) atoms. The summed E-state index contributed by atoms with van der Waals surface area (Å²) in [6.07, 6.45) is 1.62. The van der Waals surface area contributed by atoms with Crippen molar-refractivity contribution >= 4 is 11.8 Å². The van der Waals surface area contributed by atoms with Crippen LogP contribution in [0.15, 0.2) is 35.3 Å². The van der Waals surface area contributed by atoms with Crippen LogP contribution in [-0.4, -0.2) is 18.4 Å². The molecular weight excluding hydrogens is 202 g/mol. The Morgan fingerprint density at radius 2 is 1.94 bits per heavy atom. The fraction of sp³-hybridized carbons (Fsp3) is 0.385. The Labute approximate surface area is 96.2 Å². The van der Waals surface area contributed by atoms with Crippen LogP contribution in [0.4, 0.5) is 0 Å². The molecule has 3 heteroatoms. The minimum absolute atomic E-state index is 0.238. The highest BCUT2D eigenvalue weighted by Gasteiger charge is 2.06. The first-order chi connectivity index (χ1) is 7.77. The molecule has 0 N–H and O–H groups in total. The Hall–Kier alpha value is -1.64. The number of carbonyl (C=O) groups is 1. The number of aliphatic imine (C=N–C) groups is 1. The SMILES string of the molecule is CCC/C(=N/C(=O)c1ccccc1)OCC. The van der Waals surface area contributed by atoms with Gasteiger partial charge in [0, 0.05) is 12.0 Å². The number of ether oxygens (including phenoxy) is 1. The predicted molar refractivity (Wildman–Crippen MR) is 64.7 cm³/mol. The summed E-state index contributed by atoms with van der Waals surface area (Å²) in [7, 11) is 0. The minimum Gasteiger partial charge on any atom is -0.481 e. The normalized spacial score (nSPS) is 11.2. The molecule has 0 aliphatic carbocycles. The molecule has 0 spiro atoms. The standard InChI is InChI=1S/C13H17NO2/c1-3-8-12(16-4-2)14-13(15)11-9-6-5-7-10-11/h5-7,9-10H,3-4,8H2,1-2H3/b14-12-. The Morgan fingerprint density at radius 3 is 2.50 bits per heavy atom. The highest BCUT2D eigenvalue weighted by Crippen LogP contribution is 2.03. The maximum atomic E-state index is 11.7. The van der Waals surface area contributed by atoms with Gasteiger partial charge in [0.2, 0.25) is 0 Å². The molecule has 3 nitrogen and oxygen atoms in total. The number of carbonyl (C=O) groups excluding carboxylic acids is 1. The topological polar surface area (TPSA) is 38.7 Å². The maximum Gasteiger partial charge on any atom is 0.279 e. The fourth-order valence-electron chi connectivity index (χ4n) is 1.30. The molecule has 0 aliphatic rings. The molecule has 1 rings (SSSR count). The van der Waals surface area contributed by atoms with Crippen molar-refractivity contribution in [3.05, 3.63) is 35.9 Å². The molecule has 0 aliphatic heterocycles. The number of hydrogen-bond donors (Lipinski definition) is 0. The van der Waals surface area contributed by atoms with Crippen molar-refractivity contribution in [1.29, 1.82) is 0 Å². The van der Waals surface area contributed by atoms with Crippen LogP contribution in [0.5, 0.6) is 0 Å². The first kappa shape index (κ1) is 12.4. The molecular formula is C13H17NO2. The summed E-state index contributed by atoms with van der Waals surface area (Å²) in [6, 6.07) is 9.02. The number of nitrogens with zero attached hydrogens (tertiary/aromatic N) is 1. The van der Waals surface area contributed by atoms with E-state index in [1.165, 1.54) is 0 Å². The largest absolute Gasteiger partial charge is 0.481 e. The van der Waals surface area contributed by atoms with Crippen molar-refractivity contribution in [3.8, 4) is 0 Å². The van der Waals surface area contributed by atoms with E-state index in [1.807, 2.05) is 32.0 Å². The second-order valence-electron chi connectivity index (χ2n) is 3.36. The molecule has 0 saturated carbocycles. The highest BCUT2D eigenvalue weighted by atomic mass is 16.5. The predicted octanol–water partition coefficient (Wildman–Crippen LogP) is 3.06. The van der Waals surface area contributed by atoms with Gasteiger partial charge in [0.05, 0.1) is 6.61 Å². The summed E-state index contributed by atoms with van der Waals surface area (Å²) in [5, 5.41) is 0. The number of hydrogen-bond acceptors (Lipinski definition) is 2. The molecule has 0 atom stereocenters. The first-order valence-electron chi connectivity index (χ1n) is 5.57. The summed E-state index contributed by atoms with van der Waals surface area (Å²) in [5.74, 6) is 0.288. The van der Waals surface area contributed by atoms with E-state index in [0.29, 0.717) is 24.5 Å². The molecule has 0 radical (unpaired) electrons. The van der Waals surface area contributed by atoms with E-state index in [2.05, 4.69) is 4.99 Å². The summed E-state index contributed by atoms with van der Waals surface area (Å²) in [5.41, 5.74) is 0.593. The van der Waals surface area contributed by atoms with E-state index in [4.69, 9.17) is 4.74 Å². The van der Waals surface area contributed by atoms with Crippen LogP contribution in [0, 0.1) is 0 Å². The van der Waals surface area contributed by atoms with Gasteiger partial charge in [-0.1, -0.05) is 25.1 Å². The molecule has 1 aromatic rings. The summed E-state index contributed by atoms with van der Waals surface area (Å²) in [4.78, 5) is 15.7. The Bertz CT molecular complexity index is 349. The van der Waals surface area contributed by atoms with E-state index in [9.17, 15) is 4.79 Å². The average Bonchev–Trinajstić information content (AvgIpc) is 2.31. The molecule has 0 bridgehead atoms. The smallest absolute Gasteiger partial charge is 0.279 e. The van der Waals surface area contributed by atoms with Crippen molar-refractivity contribution in [2.24, 2.45) is 4.99 Å². The van der Waals surface area contributed by atoms with E-state index >= 15 is 0 Å². The van der Waals surface area contributed by atoms with Crippen molar-refractivity contribution in [1.82, 2.24) is 0 Å². The second-order valence-corrected chi connectivity index (χ2v) is 3.36. The Balaban J connectivity index is 2.76. The molecule has 0 saturated heterocycles. The molecule has 86 valence electrons. The van der Waals surface area contributed by atoms with Crippen LogP contribution in [0.25, 0.3) is 0 Å². The van der Waals surface area contributed by atoms with Crippen molar-refractivity contribution in [3.63, 3.8) is 0 Å². The lowest BCUT2D eigenvalue weighted by molar-refractivity contribution is 0.0998. The van der Waals surface area contributed by atoms with Crippen molar-refractivity contribution in [2.75, 3.05) is 6.61 Å². The fourth-order valence-corrected chi connectivity index (χ4v) is 1.30. The average molecular weight is 219 g/mol. The summed E-state index contributed by atoms with van der Waals surface area (Å²) in [6.45, 7) is 4.46. The lowest BCUT2D eigenvalue weighted by atomic mass is 10.2. The van der Waals surface area contributed by atoms with Crippen LogP contribution in [0.3, 0.4) is 0 Å².